The van der Waals surface area contributed by atoms with Crippen LogP contribution in [-0.2, 0) is 4.74 Å². The van der Waals surface area contributed by atoms with Crippen molar-refractivity contribution in [1.82, 2.24) is 20.2 Å². The number of ether oxygens (including phenoxy) is 1. The number of hydrogen-bond acceptors (Lipinski definition) is 6. The van der Waals surface area contributed by atoms with Crippen LogP contribution in [0.2, 0.25) is 0 Å². The molecule has 8 heteroatoms. The average molecular weight is 363 g/mol. The van der Waals surface area contributed by atoms with Crippen molar-refractivity contribution in [3.63, 3.8) is 0 Å². The zero-order chi connectivity index (χ0) is 18.9. The van der Waals surface area contributed by atoms with Crippen LogP contribution < -0.4 is 10.2 Å². The van der Waals surface area contributed by atoms with E-state index in [1.807, 2.05) is 11.9 Å². The number of piperidine rings is 1. The topological polar surface area (TPSA) is 87.7 Å². The summed E-state index contributed by atoms with van der Waals surface area (Å²) in [4.78, 5) is 36.3. The summed E-state index contributed by atoms with van der Waals surface area (Å²) in [7, 11) is 1.97. The summed E-state index contributed by atoms with van der Waals surface area (Å²) in [6.07, 6.45) is 6.48. The van der Waals surface area contributed by atoms with Crippen molar-refractivity contribution in [3.05, 3.63) is 18.1 Å². The molecule has 1 aliphatic heterocycles. The van der Waals surface area contributed by atoms with Crippen molar-refractivity contribution in [1.29, 1.82) is 0 Å². The Morgan fingerprint density at radius 3 is 2.58 bits per heavy atom. The Labute approximate surface area is 154 Å². The number of carbonyl (C=O) groups excluding carboxylic acids is 2. The van der Waals surface area contributed by atoms with Crippen LogP contribution in [0.4, 0.5) is 10.6 Å². The van der Waals surface area contributed by atoms with E-state index in [0.29, 0.717) is 38.2 Å². The van der Waals surface area contributed by atoms with Crippen LogP contribution in [0.3, 0.4) is 0 Å². The summed E-state index contributed by atoms with van der Waals surface area (Å²) in [6.45, 7) is 6.38. The summed E-state index contributed by atoms with van der Waals surface area (Å²) < 4.78 is 5.00. The van der Waals surface area contributed by atoms with Gasteiger partial charge in [0, 0.05) is 32.7 Å². The molecule has 2 heterocycles. The number of nitrogens with zero attached hydrogens (tertiary/aromatic N) is 4. The summed E-state index contributed by atoms with van der Waals surface area (Å²) in [6, 6.07) is 0.0295. The number of nitrogens with one attached hydrogen (secondary N) is 1. The van der Waals surface area contributed by atoms with Gasteiger partial charge in [-0.15, -0.1) is 0 Å². The summed E-state index contributed by atoms with van der Waals surface area (Å²) in [5.41, 5.74) is 0.311. The molecule has 0 aliphatic carbocycles. The molecule has 1 aliphatic rings. The summed E-state index contributed by atoms with van der Waals surface area (Å²) >= 11 is 0. The predicted octanol–water partition coefficient (Wildman–Crippen LogP) is 2.06. The Bertz CT molecular complexity index is 585. The van der Waals surface area contributed by atoms with E-state index in [2.05, 4.69) is 22.2 Å². The van der Waals surface area contributed by atoms with Gasteiger partial charge in [0.2, 0.25) is 0 Å². The fourth-order valence-electron chi connectivity index (χ4n) is 2.83. The smallest absolute Gasteiger partial charge is 0.409 e. The Kier molecular flexibility index (Phi) is 7.62. The van der Waals surface area contributed by atoms with E-state index < -0.39 is 0 Å². The number of carbonyl (C=O) groups is 2. The normalized spacial score (nSPS) is 14.8. The maximum Gasteiger partial charge on any atom is 0.409 e. The highest BCUT2D eigenvalue weighted by Crippen LogP contribution is 2.13. The lowest BCUT2D eigenvalue weighted by Gasteiger charge is -2.31. The Morgan fingerprint density at radius 1 is 1.27 bits per heavy atom. The van der Waals surface area contributed by atoms with Crippen molar-refractivity contribution in [2.45, 2.75) is 45.6 Å². The van der Waals surface area contributed by atoms with Crippen LogP contribution in [-0.4, -0.2) is 66.2 Å². The first kappa shape index (κ1) is 19.9. The van der Waals surface area contributed by atoms with E-state index in [1.54, 1.807) is 18.0 Å². The van der Waals surface area contributed by atoms with Crippen molar-refractivity contribution < 1.29 is 14.3 Å². The highest BCUT2D eigenvalue weighted by atomic mass is 16.6. The minimum absolute atomic E-state index is 0.0295. The molecule has 2 rings (SSSR count). The maximum atomic E-state index is 12.4. The quantitative estimate of drug-likeness (QED) is 0.798. The number of hydrogen-bond donors (Lipinski definition) is 1. The molecule has 0 saturated carbocycles. The van der Waals surface area contributed by atoms with E-state index >= 15 is 0 Å². The van der Waals surface area contributed by atoms with Crippen molar-refractivity contribution in [2.24, 2.45) is 0 Å². The second kappa shape index (κ2) is 9.94. The van der Waals surface area contributed by atoms with Crippen LogP contribution in [0.5, 0.6) is 0 Å². The molecule has 26 heavy (non-hydrogen) atoms. The highest BCUT2D eigenvalue weighted by molar-refractivity contribution is 5.92. The predicted molar refractivity (Wildman–Crippen MR) is 99.3 cm³/mol. The molecule has 0 radical (unpaired) electrons. The molecule has 1 fully saturated rings. The van der Waals surface area contributed by atoms with Gasteiger partial charge in [-0.05, 0) is 26.2 Å². The van der Waals surface area contributed by atoms with Gasteiger partial charge in [0.1, 0.15) is 11.5 Å². The molecule has 0 unspecified atom stereocenters. The van der Waals surface area contributed by atoms with Crippen LogP contribution in [0.25, 0.3) is 0 Å². The van der Waals surface area contributed by atoms with E-state index in [1.165, 1.54) is 6.20 Å². The zero-order valence-electron chi connectivity index (χ0n) is 15.9. The molecule has 8 nitrogen and oxygen atoms in total. The molecular weight excluding hydrogens is 334 g/mol. The lowest BCUT2D eigenvalue weighted by Crippen LogP contribution is -2.46. The third-order valence-corrected chi connectivity index (χ3v) is 4.47. The van der Waals surface area contributed by atoms with E-state index in [4.69, 9.17) is 4.74 Å². The zero-order valence-corrected chi connectivity index (χ0v) is 15.9. The summed E-state index contributed by atoms with van der Waals surface area (Å²) in [5, 5.41) is 2.98. The molecular formula is C18H29N5O3. The van der Waals surface area contributed by atoms with Gasteiger partial charge in [-0.1, -0.05) is 13.3 Å². The van der Waals surface area contributed by atoms with Gasteiger partial charge >= 0.3 is 6.09 Å². The number of unbranched alkanes of at least 4 members (excludes halogenated alkanes) is 1. The standard InChI is InChI=1S/C18H29N5O3/c1-4-6-9-22(3)16-13-19-15(12-20-16)17(24)21-14-7-10-23(11-8-14)18(25)26-5-2/h12-14H,4-11H2,1-3H3,(H,21,24). The number of amides is 2. The number of aromatic nitrogens is 2. The van der Waals surface area contributed by atoms with Crippen molar-refractivity contribution in [2.75, 3.05) is 38.2 Å². The number of anilines is 1. The molecule has 2 amide bonds. The molecule has 0 spiro atoms. The van der Waals surface area contributed by atoms with Gasteiger partial charge in [0.05, 0.1) is 19.0 Å². The average Bonchev–Trinajstić information content (AvgIpc) is 2.67. The second-order valence-electron chi connectivity index (χ2n) is 6.47. The molecule has 1 aromatic heterocycles. The maximum absolute atomic E-state index is 12.4. The van der Waals surface area contributed by atoms with Crippen LogP contribution >= 0.6 is 0 Å². The molecule has 1 aromatic rings. The van der Waals surface area contributed by atoms with Gasteiger partial charge in [-0.25, -0.2) is 14.8 Å². The fraction of sp³-hybridized carbons (Fsp3) is 0.667. The molecule has 0 bridgehead atoms. The van der Waals surface area contributed by atoms with Gasteiger partial charge in [-0.3, -0.25) is 4.79 Å². The Hall–Kier alpha value is -2.38. The van der Waals surface area contributed by atoms with Gasteiger partial charge in [0.15, 0.2) is 0 Å². The third-order valence-electron chi connectivity index (χ3n) is 4.47. The Morgan fingerprint density at radius 2 is 2.00 bits per heavy atom. The van der Waals surface area contributed by atoms with Crippen LogP contribution in [0.15, 0.2) is 12.4 Å². The van der Waals surface area contributed by atoms with Crippen molar-refractivity contribution in [3.8, 4) is 0 Å². The first-order chi connectivity index (χ1) is 12.5. The molecule has 1 N–H and O–H groups in total. The summed E-state index contributed by atoms with van der Waals surface area (Å²) in [5.74, 6) is 0.535. The van der Waals surface area contributed by atoms with Crippen molar-refractivity contribution >= 4 is 17.8 Å². The molecule has 144 valence electrons. The second-order valence-corrected chi connectivity index (χ2v) is 6.47. The number of likely N-dealkylation sites (tertiary alicyclic amines) is 1. The lowest BCUT2D eigenvalue weighted by atomic mass is 10.1. The fourth-order valence-corrected chi connectivity index (χ4v) is 2.83. The molecule has 1 saturated heterocycles. The number of rotatable bonds is 7. The van der Waals surface area contributed by atoms with E-state index in [0.717, 1.165) is 25.2 Å². The molecule has 0 atom stereocenters. The first-order valence-electron chi connectivity index (χ1n) is 9.30. The van der Waals surface area contributed by atoms with Crippen LogP contribution in [0, 0.1) is 0 Å². The van der Waals surface area contributed by atoms with Gasteiger partial charge in [0.25, 0.3) is 5.91 Å². The van der Waals surface area contributed by atoms with E-state index in [-0.39, 0.29) is 18.0 Å². The highest BCUT2D eigenvalue weighted by Gasteiger charge is 2.25. The van der Waals surface area contributed by atoms with Crippen LogP contribution in [0.1, 0.15) is 50.0 Å². The largest absolute Gasteiger partial charge is 0.450 e. The van der Waals surface area contributed by atoms with E-state index in [9.17, 15) is 9.59 Å². The lowest BCUT2D eigenvalue weighted by molar-refractivity contribution is 0.0856. The minimum Gasteiger partial charge on any atom is -0.450 e. The van der Waals surface area contributed by atoms with Gasteiger partial charge < -0.3 is 19.9 Å². The minimum atomic E-state index is -0.286. The Balaban J connectivity index is 1.82. The van der Waals surface area contributed by atoms with Gasteiger partial charge in [-0.2, -0.15) is 0 Å². The monoisotopic (exact) mass is 363 g/mol. The third kappa shape index (κ3) is 5.57. The SMILES string of the molecule is CCCCN(C)c1cnc(C(=O)NC2CCN(C(=O)OCC)CC2)cn1. The molecule has 0 aromatic carbocycles. The first-order valence-corrected chi connectivity index (χ1v) is 9.30.